The molecule has 2 atom stereocenters. The van der Waals surface area contributed by atoms with Gasteiger partial charge in [0.25, 0.3) is 0 Å². The van der Waals surface area contributed by atoms with Crippen LogP contribution in [-0.4, -0.2) is 71.8 Å². The summed E-state index contributed by atoms with van der Waals surface area (Å²) >= 11 is 0. The minimum Gasteiger partial charge on any atom is -0.481 e. The molecular weight excluding hydrogens is 542 g/mol. The van der Waals surface area contributed by atoms with Gasteiger partial charge in [0, 0.05) is 73.1 Å². The zero-order valence-electron chi connectivity index (χ0n) is 24.2. The van der Waals surface area contributed by atoms with E-state index >= 15 is 0 Å². The molecule has 3 aliphatic rings. The Hall–Kier alpha value is -4.92. The Labute approximate surface area is 249 Å². The molecule has 0 aliphatic carbocycles. The lowest BCUT2D eigenvalue weighted by Gasteiger charge is -2.56. The lowest BCUT2D eigenvalue weighted by atomic mass is 9.87. The SMILES string of the molecule is COc1ccc(CN2C3CC2CN(c2cnc(-c4cc(-c5ccc(C(C)(C)O)cn5)cn5ncc(C#N)c45)cn2)C3)cn1. The van der Waals surface area contributed by atoms with Crippen LogP contribution < -0.4 is 9.64 Å². The highest BCUT2D eigenvalue weighted by molar-refractivity contribution is 5.85. The van der Waals surface area contributed by atoms with E-state index in [2.05, 4.69) is 37.0 Å². The number of methoxy groups -OCH3 is 1. The largest absolute Gasteiger partial charge is 0.481 e. The molecule has 3 fully saturated rings. The van der Waals surface area contributed by atoms with E-state index in [1.54, 1.807) is 44.1 Å². The Bertz CT molecular complexity index is 1810. The second kappa shape index (κ2) is 10.4. The Kier molecular flexibility index (Phi) is 6.53. The summed E-state index contributed by atoms with van der Waals surface area (Å²) in [5, 5.41) is 24.5. The van der Waals surface area contributed by atoms with Crippen molar-refractivity contribution in [3.05, 3.63) is 84.2 Å². The van der Waals surface area contributed by atoms with Gasteiger partial charge in [0.2, 0.25) is 5.88 Å². The molecule has 11 nitrogen and oxygen atoms in total. The van der Waals surface area contributed by atoms with E-state index in [9.17, 15) is 10.4 Å². The van der Waals surface area contributed by atoms with Gasteiger partial charge in [-0.25, -0.2) is 14.5 Å². The van der Waals surface area contributed by atoms with E-state index in [4.69, 9.17) is 14.7 Å². The van der Waals surface area contributed by atoms with Gasteiger partial charge in [-0.1, -0.05) is 12.1 Å². The van der Waals surface area contributed by atoms with E-state index in [1.165, 1.54) is 12.0 Å². The highest BCUT2D eigenvalue weighted by Gasteiger charge is 2.44. The monoisotopic (exact) mass is 573 g/mol. The third kappa shape index (κ3) is 4.94. The van der Waals surface area contributed by atoms with Crippen LogP contribution in [0.3, 0.4) is 0 Å². The molecule has 0 radical (unpaired) electrons. The van der Waals surface area contributed by atoms with E-state index in [0.717, 1.165) is 47.8 Å². The summed E-state index contributed by atoms with van der Waals surface area (Å²) in [6.07, 6.45) is 11.7. The van der Waals surface area contributed by atoms with Gasteiger partial charge >= 0.3 is 0 Å². The molecule has 2 bridgehead atoms. The molecule has 216 valence electrons. The van der Waals surface area contributed by atoms with Crippen molar-refractivity contribution >= 4 is 11.3 Å². The maximum Gasteiger partial charge on any atom is 0.212 e. The molecule has 0 aromatic carbocycles. The standard InChI is InChI=1S/C32H31N9O2/c1-32(2,42)23-5-6-27(34-13-23)21-8-26(31-22(10-33)12-38-41(31)17-21)28-14-36-29(15-35-28)39-18-24-9-25(19-39)40(24)16-20-4-7-30(43-3)37-11-20/h4-8,11-15,17,24-25,42H,9,16,18-19H2,1-3H3. The fourth-order valence-electron chi connectivity index (χ4n) is 6.06. The molecule has 11 heteroatoms. The van der Waals surface area contributed by atoms with Crippen molar-refractivity contribution < 1.29 is 9.84 Å². The van der Waals surface area contributed by atoms with Crippen LogP contribution >= 0.6 is 0 Å². The summed E-state index contributed by atoms with van der Waals surface area (Å²) in [5.41, 5.74) is 4.98. The summed E-state index contributed by atoms with van der Waals surface area (Å²) in [6, 6.07) is 12.8. The van der Waals surface area contributed by atoms with Crippen molar-refractivity contribution in [1.82, 2.24) is 34.4 Å². The molecule has 0 saturated carbocycles. The number of rotatable bonds is 7. The van der Waals surface area contributed by atoms with Gasteiger partial charge in [0.05, 0.1) is 53.8 Å². The van der Waals surface area contributed by atoms with Crippen molar-refractivity contribution in [2.24, 2.45) is 0 Å². The van der Waals surface area contributed by atoms with E-state index in [0.29, 0.717) is 34.7 Å². The van der Waals surface area contributed by atoms with Gasteiger partial charge in [-0.2, -0.15) is 10.4 Å². The molecule has 5 aromatic heterocycles. The van der Waals surface area contributed by atoms with Crippen molar-refractivity contribution in [3.63, 3.8) is 0 Å². The topological polar surface area (TPSA) is 129 Å². The lowest BCUT2D eigenvalue weighted by molar-refractivity contribution is -0.00879. The number of anilines is 1. The van der Waals surface area contributed by atoms with Crippen molar-refractivity contribution in [1.29, 1.82) is 5.26 Å². The fourth-order valence-corrected chi connectivity index (χ4v) is 6.06. The van der Waals surface area contributed by atoms with Gasteiger partial charge < -0.3 is 14.7 Å². The average molecular weight is 574 g/mol. The summed E-state index contributed by atoms with van der Waals surface area (Å²) in [7, 11) is 1.63. The lowest BCUT2D eigenvalue weighted by Crippen LogP contribution is -2.68. The van der Waals surface area contributed by atoms with Crippen LogP contribution in [0.4, 0.5) is 5.82 Å². The molecular formula is C32H31N9O2. The van der Waals surface area contributed by atoms with Gasteiger partial charge in [-0.3, -0.25) is 14.9 Å². The van der Waals surface area contributed by atoms with Crippen LogP contribution in [0.1, 0.15) is 37.0 Å². The maximum atomic E-state index is 10.3. The van der Waals surface area contributed by atoms with Crippen LogP contribution in [0.25, 0.3) is 28.0 Å². The summed E-state index contributed by atoms with van der Waals surface area (Å²) in [4.78, 5) is 23.4. The second-order valence-corrected chi connectivity index (χ2v) is 11.7. The predicted molar refractivity (Wildman–Crippen MR) is 160 cm³/mol. The number of nitrogens with zero attached hydrogens (tertiary/aromatic N) is 9. The number of hydrogen-bond acceptors (Lipinski definition) is 10. The van der Waals surface area contributed by atoms with E-state index in [1.807, 2.05) is 42.9 Å². The van der Waals surface area contributed by atoms with Crippen molar-refractivity contribution in [2.45, 2.75) is 44.5 Å². The highest BCUT2D eigenvalue weighted by Crippen LogP contribution is 2.36. The van der Waals surface area contributed by atoms with Crippen LogP contribution in [0.15, 0.2) is 67.5 Å². The Balaban J connectivity index is 1.13. The molecule has 8 rings (SSSR count). The molecule has 43 heavy (non-hydrogen) atoms. The number of aliphatic hydroxyl groups is 1. The number of pyridine rings is 3. The number of aromatic nitrogens is 6. The number of hydrogen-bond donors (Lipinski definition) is 1. The quantitative estimate of drug-likeness (QED) is 0.307. The molecule has 2 unspecified atom stereocenters. The first-order valence-corrected chi connectivity index (χ1v) is 14.2. The van der Waals surface area contributed by atoms with Gasteiger partial charge in [0.15, 0.2) is 0 Å². The Morgan fingerprint density at radius 1 is 0.977 bits per heavy atom. The number of piperidine rings is 1. The minimum absolute atomic E-state index is 0.457. The van der Waals surface area contributed by atoms with Crippen molar-refractivity contribution in [2.75, 3.05) is 25.1 Å². The third-order valence-corrected chi connectivity index (χ3v) is 8.45. The highest BCUT2D eigenvalue weighted by atomic mass is 16.5. The number of piperazine rings is 1. The molecule has 3 saturated heterocycles. The first kappa shape index (κ1) is 26.9. The molecule has 0 spiro atoms. The maximum absolute atomic E-state index is 10.3. The third-order valence-electron chi connectivity index (χ3n) is 8.45. The number of fused-ring (bicyclic) bond motifs is 3. The predicted octanol–water partition coefficient (Wildman–Crippen LogP) is 3.82. The molecule has 1 N–H and O–H groups in total. The van der Waals surface area contributed by atoms with Crippen LogP contribution in [0, 0.1) is 11.3 Å². The summed E-state index contributed by atoms with van der Waals surface area (Å²) < 4.78 is 6.87. The Morgan fingerprint density at radius 2 is 1.79 bits per heavy atom. The smallest absolute Gasteiger partial charge is 0.212 e. The number of ether oxygens (including phenoxy) is 1. The second-order valence-electron chi connectivity index (χ2n) is 11.7. The fraction of sp³-hybridized carbons (Fsp3) is 0.312. The molecule has 8 heterocycles. The molecule has 0 amide bonds. The van der Waals surface area contributed by atoms with E-state index < -0.39 is 5.60 Å². The zero-order valence-corrected chi connectivity index (χ0v) is 24.2. The van der Waals surface area contributed by atoms with E-state index in [-0.39, 0.29) is 0 Å². The first-order valence-electron chi connectivity index (χ1n) is 14.2. The molecule has 5 aromatic rings. The van der Waals surface area contributed by atoms with Crippen LogP contribution in [0.2, 0.25) is 0 Å². The molecule has 3 aliphatic heterocycles. The Morgan fingerprint density at radius 3 is 2.42 bits per heavy atom. The van der Waals surface area contributed by atoms with Crippen molar-refractivity contribution in [3.8, 4) is 34.5 Å². The summed E-state index contributed by atoms with van der Waals surface area (Å²) in [5.74, 6) is 1.47. The van der Waals surface area contributed by atoms with Crippen LogP contribution in [0.5, 0.6) is 5.88 Å². The zero-order chi connectivity index (χ0) is 29.7. The normalized spacial score (nSPS) is 18.3. The van der Waals surface area contributed by atoms with Crippen LogP contribution in [-0.2, 0) is 12.1 Å². The number of nitriles is 1. The van der Waals surface area contributed by atoms with Gasteiger partial charge in [0.1, 0.15) is 11.9 Å². The first-order chi connectivity index (χ1) is 20.8. The minimum atomic E-state index is -0.983. The average Bonchev–Trinajstić information content (AvgIpc) is 3.46. The summed E-state index contributed by atoms with van der Waals surface area (Å²) in [6.45, 7) is 6.11. The van der Waals surface area contributed by atoms with Gasteiger partial charge in [-0.05, 0) is 38.0 Å². The van der Waals surface area contributed by atoms with Gasteiger partial charge in [-0.15, -0.1) is 0 Å².